The molecule has 0 bridgehead atoms. The van der Waals surface area contributed by atoms with Crippen LogP contribution >= 0.6 is 0 Å². The van der Waals surface area contributed by atoms with Crippen LogP contribution in [0, 0.1) is 5.92 Å². The summed E-state index contributed by atoms with van der Waals surface area (Å²) in [6.07, 6.45) is 4.74. The maximum atomic E-state index is 12.1. The fraction of sp³-hybridized carbons (Fsp3) is 0.424. The average Bonchev–Trinajstić information content (AvgIpc) is 2.93. The lowest BCUT2D eigenvalue weighted by atomic mass is 9.72. The number of unbranched alkanes of at least 4 members (excludes halogenated alkanes) is 1. The fourth-order valence-corrected chi connectivity index (χ4v) is 5.64. The molecule has 0 aromatic heterocycles. The topological polar surface area (TPSA) is 56.1 Å². The van der Waals surface area contributed by atoms with Crippen LogP contribution in [0.3, 0.4) is 0 Å². The lowest BCUT2D eigenvalue weighted by Gasteiger charge is -2.42. The van der Waals surface area contributed by atoms with Crippen molar-refractivity contribution in [3.05, 3.63) is 107 Å². The highest BCUT2D eigenvalue weighted by atomic mass is 16.4. The lowest BCUT2D eigenvalue weighted by Crippen LogP contribution is -2.44. The minimum absolute atomic E-state index is 0.111. The molecule has 4 rings (SSSR count). The van der Waals surface area contributed by atoms with Gasteiger partial charge in [0.1, 0.15) is 5.60 Å². The van der Waals surface area contributed by atoms with E-state index in [2.05, 4.69) is 79.4 Å². The van der Waals surface area contributed by atoms with E-state index < -0.39 is 5.60 Å². The summed E-state index contributed by atoms with van der Waals surface area (Å²) in [5, 5.41) is 25.3. The normalized spacial score (nSPS) is 16.2. The average molecular weight is 499 g/mol. The summed E-state index contributed by atoms with van der Waals surface area (Å²) >= 11 is 0. The van der Waals surface area contributed by atoms with Gasteiger partial charge >= 0.3 is 0 Å². The number of rotatable bonds is 9. The Hall–Kier alpha value is -2.95. The second kappa shape index (κ2) is 12.1. The van der Waals surface area contributed by atoms with Crippen molar-refractivity contribution in [1.82, 2.24) is 4.90 Å². The van der Waals surface area contributed by atoms with Gasteiger partial charge in [-0.25, -0.2) is 0 Å². The zero-order valence-corrected chi connectivity index (χ0v) is 22.6. The molecule has 4 heteroatoms. The smallest absolute Gasteiger partial charge is 0.117 e. The third-order valence-electron chi connectivity index (χ3n) is 7.95. The van der Waals surface area contributed by atoms with E-state index in [-0.39, 0.29) is 11.3 Å². The van der Waals surface area contributed by atoms with Crippen LogP contribution in [0.15, 0.2) is 90.1 Å². The van der Waals surface area contributed by atoms with Gasteiger partial charge in [0, 0.05) is 0 Å². The Bertz CT molecular complexity index is 1090. The molecule has 0 aliphatic carbocycles. The van der Waals surface area contributed by atoms with Gasteiger partial charge in [0.25, 0.3) is 0 Å². The summed E-state index contributed by atoms with van der Waals surface area (Å²) < 4.78 is 0. The third kappa shape index (κ3) is 6.49. The van der Waals surface area contributed by atoms with Gasteiger partial charge in [-0.1, -0.05) is 111 Å². The first-order valence-corrected chi connectivity index (χ1v) is 13.7. The molecule has 4 nitrogen and oxygen atoms in total. The predicted octanol–water partition coefficient (Wildman–Crippen LogP) is 6.98. The van der Waals surface area contributed by atoms with Crippen molar-refractivity contribution in [2.24, 2.45) is 11.1 Å². The van der Waals surface area contributed by atoms with Crippen LogP contribution in [0.5, 0.6) is 0 Å². The third-order valence-corrected chi connectivity index (χ3v) is 7.95. The van der Waals surface area contributed by atoms with Gasteiger partial charge in [-0.05, 0) is 85.3 Å². The number of hydrogen-bond acceptors (Lipinski definition) is 4. The number of aliphatic hydroxyl groups is 1. The van der Waals surface area contributed by atoms with E-state index in [4.69, 9.17) is 0 Å². The molecule has 0 atom stereocenters. The van der Waals surface area contributed by atoms with Crippen molar-refractivity contribution >= 4 is 5.71 Å². The molecule has 1 fully saturated rings. The Labute approximate surface area is 222 Å². The van der Waals surface area contributed by atoms with Crippen molar-refractivity contribution in [3.8, 4) is 0 Å². The fourth-order valence-electron chi connectivity index (χ4n) is 5.64. The van der Waals surface area contributed by atoms with E-state index in [0.717, 1.165) is 74.1 Å². The summed E-state index contributed by atoms with van der Waals surface area (Å²) in [6.45, 7) is 9.62. The quantitative estimate of drug-likeness (QED) is 0.145. The molecule has 2 N–H and O–H groups in total. The second-order valence-electron chi connectivity index (χ2n) is 11.4. The Balaban J connectivity index is 1.29. The zero-order valence-electron chi connectivity index (χ0n) is 22.6. The molecular weight excluding hydrogens is 456 g/mol. The molecule has 0 saturated carbocycles. The van der Waals surface area contributed by atoms with Crippen molar-refractivity contribution in [2.75, 3.05) is 19.6 Å². The molecule has 3 aromatic carbocycles. The van der Waals surface area contributed by atoms with E-state index in [1.807, 2.05) is 36.4 Å². The molecule has 1 aliphatic rings. The minimum Gasteiger partial charge on any atom is -0.411 e. The molecule has 0 amide bonds. The van der Waals surface area contributed by atoms with Crippen molar-refractivity contribution in [3.63, 3.8) is 0 Å². The maximum Gasteiger partial charge on any atom is 0.117 e. The highest BCUT2D eigenvalue weighted by molar-refractivity contribution is 6.00. The summed E-state index contributed by atoms with van der Waals surface area (Å²) in [6, 6.07) is 28.7. The Morgan fingerprint density at radius 3 is 1.81 bits per heavy atom. The molecular formula is C33H42N2O2. The summed E-state index contributed by atoms with van der Waals surface area (Å²) in [4.78, 5) is 2.51. The van der Waals surface area contributed by atoms with Gasteiger partial charge in [-0.15, -0.1) is 0 Å². The van der Waals surface area contributed by atoms with Crippen LogP contribution in [0.1, 0.15) is 75.1 Å². The molecule has 0 unspecified atom stereocenters. The van der Waals surface area contributed by atoms with Crippen LogP contribution < -0.4 is 0 Å². The van der Waals surface area contributed by atoms with Gasteiger partial charge in [-0.3, -0.25) is 0 Å². The number of benzene rings is 3. The molecule has 1 aliphatic heterocycles. The van der Waals surface area contributed by atoms with Gasteiger partial charge < -0.3 is 15.2 Å². The standard InChI is InChI=1S/C33H42N2O2/c1-32(2,3)27-19-17-26(18-20-27)31(34-37)16-10-11-23-35-24-21-30(22-25-35)33(36,28-12-6-4-7-13-28)29-14-8-5-9-15-29/h4-9,12-15,17-20,30,36-37H,10-11,16,21-25H2,1-3H3. The molecule has 196 valence electrons. The van der Waals surface area contributed by atoms with Crippen molar-refractivity contribution in [2.45, 2.75) is 63.9 Å². The first kappa shape index (κ1) is 27.1. The molecule has 0 spiro atoms. The number of hydrogen-bond donors (Lipinski definition) is 2. The molecule has 0 radical (unpaired) electrons. The van der Waals surface area contributed by atoms with Gasteiger partial charge in [0.15, 0.2) is 0 Å². The highest BCUT2D eigenvalue weighted by Gasteiger charge is 2.41. The first-order valence-electron chi connectivity index (χ1n) is 13.7. The van der Waals surface area contributed by atoms with Gasteiger partial charge in [0.05, 0.1) is 5.71 Å². The van der Waals surface area contributed by atoms with Crippen LogP contribution in [-0.2, 0) is 11.0 Å². The Morgan fingerprint density at radius 1 is 0.784 bits per heavy atom. The van der Waals surface area contributed by atoms with Crippen LogP contribution in [-0.4, -0.2) is 40.6 Å². The van der Waals surface area contributed by atoms with E-state index in [0.29, 0.717) is 0 Å². The van der Waals surface area contributed by atoms with Crippen LogP contribution in [0.25, 0.3) is 0 Å². The molecule has 1 heterocycles. The Morgan fingerprint density at radius 2 is 1.32 bits per heavy atom. The lowest BCUT2D eigenvalue weighted by molar-refractivity contribution is -0.0143. The molecule has 3 aromatic rings. The SMILES string of the molecule is CC(C)(C)c1ccc(C(CCCCN2CCC(C(O)(c3ccccc3)c3ccccc3)CC2)=NO)cc1. The van der Waals surface area contributed by atoms with Crippen LogP contribution in [0.2, 0.25) is 0 Å². The molecule has 37 heavy (non-hydrogen) atoms. The minimum atomic E-state index is -0.969. The number of likely N-dealkylation sites (tertiary alicyclic amines) is 1. The Kier molecular flexibility index (Phi) is 8.83. The number of piperidine rings is 1. The van der Waals surface area contributed by atoms with Gasteiger partial charge in [-0.2, -0.15) is 0 Å². The van der Waals surface area contributed by atoms with Crippen LogP contribution in [0.4, 0.5) is 0 Å². The number of oxime groups is 1. The van der Waals surface area contributed by atoms with Gasteiger partial charge in [0.2, 0.25) is 0 Å². The summed E-state index contributed by atoms with van der Waals surface area (Å²) in [5.74, 6) is 0.178. The summed E-state index contributed by atoms with van der Waals surface area (Å²) in [5.41, 5.74) is 4.14. The number of nitrogens with zero attached hydrogens (tertiary/aromatic N) is 2. The monoisotopic (exact) mass is 498 g/mol. The zero-order chi connectivity index (χ0) is 26.3. The van der Waals surface area contributed by atoms with Crippen molar-refractivity contribution in [1.29, 1.82) is 0 Å². The van der Waals surface area contributed by atoms with E-state index in [9.17, 15) is 10.3 Å². The van der Waals surface area contributed by atoms with E-state index in [1.165, 1.54) is 5.56 Å². The van der Waals surface area contributed by atoms with E-state index >= 15 is 0 Å². The maximum absolute atomic E-state index is 12.1. The first-order chi connectivity index (χ1) is 17.8. The van der Waals surface area contributed by atoms with E-state index in [1.54, 1.807) is 0 Å². The predicted molar refractivity (Wildman–Crippen MR) is 152 cm³/mol. The van der Waals surface area contributed by atoms with Crippen molar-refractivity contribution < 1.29 is 10.3 Å². The second-order valence-corrected chi connectivity index (χ2v) is 11.4. The largest absolute Gasteiger partial charge is 0.411 e. The summed E-state index contributed by atoms with van der Waals surface area (Å²) in [7, 11) is 0. The molecule has 1 saturated heterocycles. The highest BCUT2D eigenvalue weighted by Crippen LogP contribution is 2.41.